The van der Waals surface area contributed by atoms with Crippen molar-refractivity contribution in [2.24, 2.45) is 5.10 Å². The lowest BCUT2D eigenvalue weighted by atomic mass is 9.98. The van der Waals surface area contributed by atoms with Crippen molar-refractivity contribution in [1.29, 1.82) is 0 Å². The molecule has 0 radical (unpaired) electrons. The Morgan fingerprint density at radius 2 is 1.82 bits per heavy atom. The number of nitrogens with zero attached hydrogens (tertiary/aromatic N) is 3. The minimum Gasteiger partial charge on any atom is -0.497 e. The molecular weight excluding hydrogens is 418 g/mol. The van der Waals surface area contributed by atoms with Crippen LogP contribution in [0.2, 0.25) is 0 Å². The van der Waals surface area contributed by atoms with Crippen molar-refractivity contribution in [3.05, 3.63) is 65.7 Å². The molecule has 0 bridgehead atoms. The molecule has 0 aromatic heterocycles. The number of amides is 1. The Bertz CT molecular complexity index is 990. The first-order valence-corrected chi connectivity index (χ1v) is 11.6. The van der Waals surface area contributed by atoms with E-state index >= 15 is 0 Å². The van der Waals surface area contributed by atoms with Crippen LogP contribution < -0.4 is 4.74 Å². The second kappa shape index (κ2) is 10.6. The van der Waals surface area contributed by atoms with E-state index in [-0.39, 0.29) is 30.5 Å². The van der Waals surface area contributed by atoms with Crippen LogP contribution in [0.4, 0.5) is 0 Å². The fourth-order valence-electron chi connectivity index (χ4n) is 4.56. The van der Waals surface area contributed by atoms with Gasteiger partial charge in [0.2, 0.25) is 0 Å². The number of hydrogen-bond acceptors (Lipinski definition) is 6. The van der Waals surface area contributed by atoms with Gasteiger partial charge < -0.3 is 9.47 Å². The molecule has 1 saturated heterocycles. The highest BCUT2D eigenvalue weighted by Crippen LogP contribution is 2.34. The molecule has 0 unspecified atom stereocenters. The number of rotatable bonds is 7. The van der Waals surface area contributed by atoms with Crippen LogP contribution in [-0.4, -0.2) is 60.3 Å². The fraction of sp³-hybridized carbons (Fsp3) is 0.423. The van der Waals surface area contributed by atoms with Gasteiger partial charge in [0, 0.05) is 6.42 Å². The molecule has 2 atom stereocenters. The van der Waals surface area contributed by atoms with Crippen molar-refractivity contribution in [3.8, 4) is 5.75 Å². The van der Waals surface area contributed by atoms with Crippen LogP contribution in [0.25, 0.3) is 0 Å². The zero-order valence-electron chi connectivity index (χ0n) is 19.3. The lowest BCUT2D eigenvalue weighted by molar-refractivity contribution is -0.152. The van der Waals surface area contributed by atoms with E-state index in [0.717, 1.165) is 35.4 Å². The topological polar surface area (TPSA) is 71.4 Å². The van der Waals surface area contributed by atoms with Crippen LogP contribution in [-0.2, 0) is 14.3 Å². The number of hydrazone groups is 1. The van der Waals surface area contributed by atoms with Gasteiger partial charge in [-0.05, 0) is 49.6 Å². The SMILES string of the molecule is CCOC(=O)[C@@H]1CCCCN1CC(=O)N1N=C(c2ccccc2)C[C@H]1c1ccc(OC)cc1. The summed E-state index contributed by atoms with van der Waals surface area (Å²) >= 11 is 0. The van der Waals surface area contributed by atoms with E-state index in [1.54, 1.807) is 19.0 Å². The third-order valence-corrected chi connectivity index (χ3v) is 6.28. The number of hydrogen-bond donors (Lipinski definition) is 0. The molecular formula is C26H31N3O4. The lowest BCUT2D eigenvalue weighted by Gasteiger charge is -2.34. The molecule has 2 aromatic rings. The van der Waals surface area contributed by atoms with Gasteiger partial charge in [0.25, 0.3) is 5.91 Å². The molecule has 1 amide bonds. The number of ether oxygens (including phenoxy) is 2. The summed E-state index contributed by atoms with van der Waals surface area (Å²) in [5.74, 6) is 0.411. The Morgan fingerprint density at radius 3 is 2.52 bits per heavy atom. The second-order valence-electron chi connectivity index (χ2n) is 8.38. The van der Waals surface area contributed by atoms with Gasteiger partial charge in [-0.25, -0.2) is 5.01 Å². The van der Waals surface area contributed by atoms with Crippen molar-refractivity contribution in [2.45, 2.75) is 44.7 Å². The molecule has 0 saturated carbocycles. The van der Waals surface area contributed by atoms with E-state index in [1.165, 1.54) is 0 Å². The quantitative estimate of drug-likeness (QED) is 0.602. The van der Waals surface area contributed by atoms with Crippen molar-refractivity contribution < 1.29 is 19.1 Å². The first-order valence-electron chi connectivity index (χ1n) is 11.6. The van der Waals surface area contributed by atoms with E-state index in [9.17, 15) is 9.59 Å². The number of methoxy groups -OCH3 is 1. The van der Waals surface area contributed by atoms with Crippen LogP contribution in [0.15, 0.2) is 59.7 Å². The molecule has 1 fully saturated rings. The molecule has 174 valence electrons. The van der Waals surface area contributed by atoms with Gasteiger partial charge in [-0.15, -0.1) is 0 Å². The number of esters is 1. The van der Waals surface area contributed by atoms with Crippen molar-refractivity contribution in [3.63, 3.8) is 0 Å². The van der Waals surface area contributed by atoms with E-state index in [2.05, 4.69) is 0 Å². The van der Waals surface area contributed by atoms with Crippen LogP contribution in [0.5, 0.6) is 5.75 Å². The van der Waals surface area contributed by atoms with Gasteiger partial charge in [-0.3, -0.25) is 14.5 Å². The molecule has 0 N–H and O–H groups in total. The molecule has 2 aliphatic heterocycles. The summed E-state index contributed by atoms with van der Waals surface area (Å²) in [7, 11) is 1.63. The van der Waals surface area contributed by atoms with Crippen LogP contribution >= 0.6 is 0 Å². The molecule has 2 aliphatic rings. The number of benzene rings is 2. The Labute approximate surface area is 195 Å². The summed E-state index contributed by atoms with van der Waals surface area (Å²) in [6.45, 7) is 2.99. The van der Waals surface area contributed by atoms with E-state index in [1.807, 2.05) is 59.5 Å². The number of carbonyl (C=O) groups excluding carboxylic acids is 2. The minimum absolute atomic E-state index is 0.113. The van der Waals surface area contributed by atoms with Gasteiger partial charge in [-0.2, -0.15) is 5.10 Å². The molecule has 0 spiro atoms. The summed E-state index contributed by atoms with van der Waals surface area (Å²) in [6.07, 6.45) is 3.27. The Balaban J connectivity index is 1.58. The second-order valence-corrected chi connectivity index (χ2v) is 8.38. The predicted octanol–water partition coefficient (Wildman–Crippen LogP) is 3.79. The van der Waals surface area contributed by atoms with Gasteiger partial charge >= 0.3 is 5.97 Å². The van der Waals surface area contributed by atoms with Gasteiger partial charge in [0.1, 0.15) is 11.8 Å². The van der Waals surface area contributed by atoms with Crippen molar-refractivity contribution in [2.75, 3.05) is 26.8 Å². The number of likely N-dealkylation sites (tertiary alicyclic amines) is 1. The highest BCUT2D eigenvalue weighted by molar-refractivity contribution is 6.03. The lowest BCUT2D eigenvalue weighted by Crippen LogP contribution is -2.49. The highest BCUT2D eigenvalue weighted by atomic mass is 16.5. The highest BCUT2D eigenvalue weighted by Gasteiger charge is 2.37. The van der Waals surface area contributed by atoms with E-state index < -0.39 is 0 Å². The molecule has 33 heavy (non-hydrogen) atoms. The monoisotopic (exact) mass is 449 g/mol. The minimum atomic E-state index is -0.373. The Kier molecular flexibility index (Phi) is 7.40. The average molecular weight is 450 g/mol. The Morgan fingerprint density at radius 1 is 1.06 bits per heavy atom. The summed E-state index contributed by atoms with van der Waals surface area (Å²) in [5, 5.41) is 6.35. The molecule has 7 nitrogen and oxygen atoms in total. The average Bonchev–Trinajstić information content (AvgIpc) is 3.31. The normalized spacial score (nSPS) is 20.9. The molecule has 7 heteroatoms. The third-order valence-electron chi connectivity index (χ3n) is 6.28. The zero-order valence-corrected chi connectivity index (χ0v) is 19.3. The van der Waals surface area contributed by atoms with Crippen molar-refractivity contribution in [1.82, 2.24) is 9.91 Å². The largest absolute Gasteiger partial charge is 0.497 e. The maximum Gasteiger partial charge on any atom is 0.323 e. The summed E-state index contributed by atoms with van der Waals surface area (Å²) in [4.78, 5) is 27.9. The number of carbonyl (C=O) groups is 2. The van der Waals surface area contributed by atoms with Crippen LogP contribution in [0.1, 0.15) is 49.8 Å². The van der Waals surface area contributed by atoms with Crippen LogP contribution in [0.3, 0.4) is 0 Å². The summed E-state index contributed by atoms with van der Waals surface area (Å²) in [5.41, 5.74) is 2.89. The van der Waals surface area contributed by atoms with E-state index in [4.69, 9.17) is 14.6 Å². The predicted molar refractivity (Wildman–Crippen MR) is 126 cm³/mol. The fourth-order valence-corrected chi connectivity index (χ4v) is 4.56. The summed E-state index contributed by atoms with van der Waals surface area (Å²) in [6, 6.07) is 17.1. The first kappa shape index (κ1) is 23.0. The van der Waals surface area contributed by atoms with Gasteiger partial charge in [0.05, 0.1) is 32.0 Å². The van der Waals surface area contributed by atoms with E-state index in [0.29, 0.717) is 26.0 Å². The third kappa shape index (κ3) is 5.25. The first-order chi connectivity index (χ1) is 16.1. The van der Waals surface area contributed by atoms with Gasteiger partial charge in [0.15, 0.2) is 0 Å². The maximum absolute atomic E-state index is 13.5. The Hall–Kier alpha value is -3.19. The number of piperidine rings is 1. The smallest absolute Gasteiger partial charge is 0.323 e. The molecule has 4 rings (SSSR count). The maximum atomic E-state index is 13.5. The van der Waals surface area contributed by atoms with Crippen molar-refractivity contribution >= 4 is 17.6 Å². The molecule has 0 aliphatic carbocycles. The molecule has 2 heterocycles. The van der Waals surface area contributed by atoms with Crippen LogP contribution in [0, 0.1) is 0 Å². The zero-order chi connectivity index (χ0) is 23.2. The standard InChI is InChI=1S/C26H31N3O4/c1-3-33-26(31)23-11-7-8-16-28(23)18-25(30)29-24(20-12-14-21(32-2)15-13-20)17-22(27-29)19-9-5-4-6-10-19/h4-6,9-10,12-15,23-24H,3,7-8,11,16-18H2,1-2H3/t23-,24-/m0/s1. The summed E-state index contributed by atoms with van der Waals surface area (Å²) < 4.78 is 10.6. The molecule has 2 aromatic carbocycles. The van der Waals surface area contributed by atoms with Gasteiger partial charge in [-0.1, -0.05) is 48.9 Å².